The van der Waals surface area contributed by atoms with Gasteiger partial charge in [0.1, 0.15) is 23.0 Å². The van der Waals surface area contributed by atoms with Gasteiger partial charge in [-0.1, -0.05) is 18.5 Å². The number of anilines is 2. The van der Waals surface area contributed by atoms with E-state index in [1.54, 1.807) is 29.2 Å². The first-order valence-electron chi connectivity index (χ1n) is 9.54. The van der Waals surface area contributed by atoms with Crippen LogP contribution in [0.25, 0.3) is 0 Å². The number of benzene rings is 2. The molecule has 2 aromatic rings. The van der Waals surface area contributed by atoms with Crippen molar-refractivity contribution in [2.75, 3.05) is 29.9 Å². The lowest BCUT2D eigenvalue weighted by Crippen LogP contribution is -2.42. The molecule has 0 spiro atoms. The van der Waals surface area contributed by atoms with Crippen LogP contribution >= 0.6 is 11.6 Å². The molecule has 162 valence electrons. The van der Waals surface area contributed by atoms with Crippen molar-refractivity contribution in [2.24, 2.45) is 5.41 Å². The summed E-state index contributed by atoms with van der Waals surface area (Å²) in [4.78, 5) is 14.6. The molecule has 7 nitrogen and oxygen atoms in total. The summed E-state index contributed by atoms with van der Waals surface area (Å²) in [6.07, 6.45) is 0.747. The van der Waals surface area contributed by atoms with Crippen LogP contribution in [0.15, 0.2) is 41.3 Å². The van der Waals surface area contributed by atoms with Crippen LogP contribution in [0.2, 0.25) is 5.02 Å². The van der Waals surface area contributed by atoms with Gasteiger partial charge in [0.15, 0.2) is 0 Å². The Hall–Kier alpha value is -2.45. The standard InChI is InChI=1S/C21H25ClN2O5S/c1-5-10-24-16-12-15(7-9-17(16)29-13-21(2,3)20(24)25)23-30(26,27)19-11-14(22)6-8-18(19)28-4/h6-9,11-12,23H,5,10,13H2,1-4H3. The van der Waals surface area contributed by atoms with Crippen LogP contribution in [0, 0.1) is 5.41 Å². The van der Waals surface area contributed by atoms with E-state index in [0.29, 0.717) is 23.7 Å². The van der Waals surface area contributed by atoms with Gasteiger partial charge in [-0.15, -0.1) is 0 Å². The Labute approximate surface area is 182 Å². The van der Waals surface area contributed by atoms with E-state index in [4.69, 9.17) is 21.1 Å². The van der Waals surface area contributed by atoms with Gasteiger partial charge in [-0.3, -0.25) is 9.52 Å². The van der Waals surface area contributed by atoms with Gasteiger partial charge in [0.2, 0.25) is 5.91 Å². The fourth-order valence-corrected chi connectivity index (χ4v) is 4.71. The smallest absolute Gasteiger partial charge is 0.265 e. The molecule has 0 saturated carbocycles. The molecule has 0 unspecified atom stereocenters. The molecule has 0 aliphatic carbocycles. The summed E-state index contributed by atoms with van der Waals surface area (Å²) in [5, 5.41) is 0.272. The maximum Gasteiger partial charge on any atom is 0.265 e. The van der Waals surface area contributed by atoms with E-state index in [9.17, 15) is 13.2 Å². The topological polar surface area (TPSA) is 84.9 Å². The Morgan fingerprint density at radius 2 is 1.97 bits per heavy atom. The monoisotopic (exact) mass is 452 g/mol. The van der Waals surface area contributed by atoms with E-state index in [1.807, 2.05) is 20.8 Å². The number of ether oxygens (including phenoxy) is 2. The number of fused-ring (bicyclic) bond motifs is 1. The first-order valence-corrected chi connectivity index (χ1v) is 11.4. The molecule has 0 saturated heterocycles. The summed E-state index contributed by atoms with van der Waals surface area (Å²) in [6, 6.07) is 9.24. The van der Waals surface area contributed by atoms with Gasteiger partial charge in [-0.05, 0) is 56.7 Å². The third kappa shape index (κ3) is 4.34. The van der Waals surface area contributed by atoms with Gasteiger partial charge in [0.25, 0.3) is 10.0 Å². The average molecular weight is 453 g/mol. The molecular weight excluding hydrogens is 428 g/mol. The van der Waals surface area contributed by atoms with E-state index >= 15 is 0 Å². The Kier molecular flexibility index (Phi) is 6.19. The van der Waals surface area contributed by atoms with Gasteiger partial charge >= 0.3 is 0 Å². The molecule has 2 aromatic carbocycles. The van der Waals surface area contributed by atoms with Crippen molar-refractivity contribution in [3.05, 3.63) is 41.4 Å². The summed E-state index contributed by atoms with van der Waals surface area (Å²) < 4.78 is 39.5. The van der Waals surface area contributed by atoms with Crippen LogP contribution in [0.1, 0.15) is 27.2 Å². The number of hydrogen-bond donors (Lipinski definition) is 1. The molecule has 1 heterocycles. The summed E-state index contributed by atoms with van der Waals surface area (Å²) >= 11 is 5.98. The zero-order valence-corrected chi connectivity index (χ0v) is 18.9. The predicted molar refractivity (Wildman–Crippen MR) is 117 cm³/mol. The second-order valence-electron chi connectivity index (χ2n) is 7.71. The number of methoxy groups -OCH3 is 1. The molecule has 0 radical (unpaired) electrons. The molecule has 0 fully saturated rings. The average Bonchev–Trinajstić information content (AvgIpc) is 2.78. The molecule has 9 heteroatoms. The van der Waals surface area contributed by atoms with Crippen LogP contribution in [0.5, 0.6) is 11.5 Å². The quantitative estimate of drug-likeness (QED) is 0.705. The normalized spacial score (nSPS) is 15.8. The highest BCUT2D eigenvalue weighted by Gasteiger charge is 2.37. The molecule has 30 heavy (non-hydrogen) atoms. The van der Waals surface area contributed by atoms with Crippen molar-refractivity contribution < 1.29 is 22.7 Å². The fraction of sp³-hybridized carbons (Fsp3) is 0.381. The SMILES string of the molecule is CCCN1C(=O)C(C)(C)COc2ccc(NS(=O)(=O)c3cc(Cl)ccc3OC)cc21. The number of nitrogens with one attached hydrogen (secondary N) is 1. The lowest BCUT2D eigenvalue weighted by molar-refractivity contribution is -0.127. The lowest BCUT2D eigenvalue weighted by Gasteiger charge is -2.28. The van der Waals surface area contributed by atoms with Crippen LogP contribution in [0.3, 0.4) is 0 Å². The summed E-state index contributed by atoms with van der Waals surface area (Å²) in [5.41, 5.74) is 0.140. The molecule has 0 atom stereocenters. The maximum atomic E-state index is 13.0. The molecule has 1 amide bonds. The second-order valence-corrected chi connectivity index (χ2v) is 9.80. The third-order valence-electron chi connectivity index (χ3n) is 4.78. The van der Waals surface area contributed by atoms with Crippen molar-refractivity contribution >= 4 is 38.9 Å². The number of amides is 1. The van der Waals surface area contributed by atoms with E-state index in [1.165, 1.54) is 19.2 Å². The third-order valence-corrected chi connectivity index (χ3v) is 6.41. The van der Waals surface area contributed by atoms with Crippen LogP contribution in [-0.2, 0) is 14.8 Å². The Bertz CT molecular complexity index is 1070. The molecular formula is C21H25ClN2O5S. The number of nitrogens with zero attached hydrogens (tertiary/aromatic N) is 1. The minimum Gasteiger partial charge on any atom is -0.495 e. The number of halogens is 1. The first kappa shape index (κ1) is 22.2. The van der Waals surface area contributed by atoms with Gasteiger partial charge in [-0.25, -0.2) is 8.42 Å². The zero-order valence-electron chi connectivity index (χ0n) is 17.4. The summed E-state index contributed by atoms with van der Waals surface area (Å²) in [6.45, 7) is 6.38. The highest BCUT2D eigenvalue weighted by Crippen LogP contribution is 2.39. The second kappa shape index (κ2) is 8.35. The largest absolute Gasteiger partial charge is 0.495 e. The molecule has 0 aromatic heterocycles. The number of rotatable bonds is 6. The van der Waals surface area contributed by atoms with Gasteiger partial charge in [0, 0.05) is 11.6 Å². The highest BCUT2D eigenvalue weighted by atomic mass is 35.5. The minimum atomic E-state index is -3.98. The van der Waals surface area contributed by atoms with Gasteiger partial charge in [-0.2, -0.15) is 0 Å². The molecule has 1 N–H and O–H groups in total. The van der Waals surface area contributed by atoms with Gasteiger partial charge < -0.3 is 14.4 Å². The molecule has 1 aliphatic heterocycles. The van der Waals surface area contributed by atoms with Crippen molar-refractivity contribution in [2.45, 2.75) is 32.1 Å². The Morgan fingerprint density at radius 3 is 2.63 bits per heavy atom. The van der Waals surface area contributed by atoms with Crippen molar-refractivity contribution in [3.8, 4) is 11.5 Å². The lowest BCUT2D eigenvalue weighted by atomic mass is 9.93. The predicted octanol–water partition coefficient (Wildman–Crippen LogP) is 4.31. The minimum absolute atomic E-state index is 0.0698. The van der Waals surface area contributed by atoms with Crippen LogP contribution < -0.4 is 19.1 Å². The summed E-state index contributed by atoms with van der Waals surface area (Å²) in [5.74, 6) is 0.639. The summed E-state index contributed by atoms with van der Waals surface area (Å²) in [7, 11) is -2.60. The van der Waals surface area contributed by atoms with Crippen molar-refractivity contribution in [1.29, 1.82) is 0 Å². The van der Waals surface area contributed by atoms with E-state index in [0.717, 1.165) is 6.42 Å². The molecule has 0 bridgehead atoms. The van der Waals surface area contributed by atoms with E-state index in [-0.39, 0.29) is 28.2 Å². The Balaban J connectivity index is 2.02. The molecule has 1 aliphatic rings. The van der Waals surface area contributed by atoms with E-state index in [2.05, 4.69) is 4.72 Å². The maximum absolute atomic E-state index is 13.0. The number of sulfonamides is 1. The van der Waals surface area contributed by atoms with Gasteiger partial charge in [0.05, 0.1) is 23.9 Å². The highest BCUT2D eigenvalue weighted by molar-refractivity contribution is 7.92. The van der Waals surface area contributed by atoms with Crippen LogP contribution in [-0.4, -0.2) is 34.6 Å². The zero-order chi connectivity index (χ0) is 22.1. The van der Waals surface area contributed by atoms with Crippen molar-refractivity contribution in [3.63, 3.8) is 0 Å². The first-order chi connectivity index (χ1) is 14.1. The molecule has 3 rings (SSSR count). The van der Waals surface area contributed by atoms with E-state index < -0.39 is 15.4 Å². The number of hydrogen-bond acceptors (Lipinski definition) is 5. The Morgan fingerprint density at radius 1 is 1.23 bits per heavy atom. The fourth-order valence-electron chi connectivity index (χ4n) is 3.22. The van der Waals surface area contributed by atoms with Crippen LogP contribution in [0.4, 0.5) is 11.4 Å². The number of carbonyl (C=O) groups is 1. The number of carbonyl (C=O) groups excluding carboxylic acids is 1. The van der Waals surface area contributed by atoms with Crippen molar-refractivity contribution in [1.82, 2.24) is 0 Å².